The van der Waals surface area contributed by atoms with Gasteiger partial charge in [-0.15, -0.1) is 0 Å². The van der Waals surface area contributed by atoms with E-state index in [1.807, 2.05) is 0 Å². The molecule has 4 atom stereocenters. The predicted molar refractivity (Wildman–Crippen MR) is 167 cm³/mol. The highest BCUT2D eigenvalue weighted by molar-refractivity contribution is 5.91. The van der Waals surface area contributed by atoms with E-state index in [9.17, 15) is 4.79 Å². The normalized spacial score (nSPS) is 22.5. The summed E-state index contributed by atoms with van der Waals surface area (Å²) in [7, 11) is 0. The van der Waals surface area contributed by atoms with E-state index >= 15 is 0 Å². The summed E-state index contributed by atoms with van der Waals surface area (Å²) < 4.78 is 8.74. The standard InChI is InChI=1S/C37H46N2O2/c1-23(2)30-19-14-24(3)20-34(30)41-37(40)35(28-10-6-7-11-28)29-17-15-27(16-18-29)22-32-31-12-8-9-13-33(31)39-26(5)21-25(4)38-36(32)39/h8-9,12-13,15-18,21,23-24,28,30,34-35H,6-7,10-11,14,19-20,22H2,1-5H3/t24-,30+,34-,35-/m0/s1. The molecule has 2 fully saturated rings. The maximum atomic E-state index is 13.9. The highest BCUT2D eigenvalue weighted by Crippen LogP contribution is 2.41. The van der Waals surface area contributed by atoms with E-state index in [0.29, 0.717) is 23.7 Å². The molecule has 4 heteroatoms. The van der Waals surface area contributed by atoms with E-state index in [1.54, 1.807) is 0 Å². The summed E-state index contributed by atoms with van der Waals surface area (Å²) >= 11 is 0. The Balaban J connectivity index is 1.29. The van der Waals surface area contributed by atoms with Crippen molar-refractivity contribution < 1.29 is 9.53 Å². The van der Waals surface area contributed by atoms with Gasteiger partial charge in [-0.1, -0.05) is 82.5 Å². The molecule has 4 nitrogen and oxygen atoms in total. The summed E-state index contributed by atoms with van der Waals surface area (Å²) in [5.74, 6) is 1.84. The average molecular weight is 551 g/mol. The molecule has 2 heterocycles. The van der Waals surface area contributed by atoms with Crippen LogP contribution in [-0.2, 0) is 16.0 Å². The number of nitrogens with zero attached hydrogens (tertiary/aromatic N) is 2. The first kappa shape index (κ1) is 28.0. The highest BCUT2D eigenvalue weighted by atomic mass is 16.5. The number of aryl methyl sites for hydroxylation is 2. The second-order valence-electron chi connectivity index (χ2n) is 13.4. The van der Waals surface area contributed by atoms with E-state index in [2.05, 4.69) is 93.6 Å². The Morgan fingerprint density at radius 3 is 2.46 bits per heavy atom. The summed E-state index contributed by atoms with van der Waals surface area (Å²) in [6.07, 6.45) is 8.91. The van der Waals surface area contributed by atoms with Crippen molar-refractivity contribution in [3.05, 3.63) is 82.7 Å². The van der Waals surface area contributed by atoms with Crippen molar-refractivity contribution in [2.24, 2.45) is 23.7 Å². The second kappa shape index (κ2) is 11.6. The fourth-order valence-corrected chi connectivity index (χ4v) is 7.92. The third-order valence-corrected chi connectivity index (χ3v) is 10.1. The topological polar surface area (TPSA) is 43.6 Å². The summed E-state index contributed by atoms with van der Waals surface area (Å²) in [6, 6.07) is 19.6. The third-order valence-electron chi connectivity index (χ3n) is 10.1. The molecule has 2 saturated carbocycles. The molecule has 0 amide bonds. The van der Waals surface area contributed by atoms with Gasteiger partial charge in [0.05, 0.1) is 11.4 Å². The van der Waals surface area contributed by atoms with Crippen molar-refractivity contribution in [2.45, 2.75) is 98.0 Å². The molecular weight excluding hydrogens is 504 g/mol. The summed E-state index contributed by atoms with van der Waals surface area (Å²) in [6.45, 7) is 11.1. The fraction of sp³-hybridized carbons (Fsp3) is 0.514. The Morgan fingerprint density at radius 2 is 1.73 bits per heavy atom. The van der Waals surface area contributed by atoms with Crippen LogP contribution in [-0.4, -0.2) is 21.5 Å². The number of esters is 1. The van der Waals surface area contributed by atoms with Crippen molar-refractivity contribution in [2.75, 3.05) is 0 Å². The Bertz CT molecular complexity index is 1530. The minimum absolute atomic E-state index is 0.00831. The van der Waals surface area contributed by atoms with Crippen LogP contribution in [0, 0.1) is 37.5 Å². The molecule has 6 rings (SSSR count). The van der Waals surface area contributed by atoms with Gasteiger partial charge < -0.3 is 4.74 Å². The molecule has 2 aliphatic rings. The molecule has 2 aromatic heterocycles. The molecule has 0 saturated heterocycles. The Hall–Kier alpha value is -3.14. The van der Waals surface area contributed by atoms with Crippen LogP contribution in [0.25, 0.3) is 16.6 Å². The number of hydrogen-bond acceptors (Lipinski definition) is 3. The van der Waals surface area contributed by atoms with E-state index < -0.39 is 0 Å². The van der Waals surface area contributed by atoms with E-state index in [1.165, 1.54) is 47.0 Å². The molecule has 41 heavy (non-hydrogen) atoms. The first-order valence-electron chi connectivity index (χ1n) is 16.0. The Morgan fingerprint density at radius 1 is 1.00 bits per heavy atom. The van der Waals surface area contributed by atoms with Crippen LogP contribution in [0.2, 0.25) is 0 Å². The lowest BCUT2D eigenvalue weighted by Gasteiger charge is -2.37. The average Bonchev–Trinajstić information content (AvgIpc) is 3.57. The van der Waals surface area contributed by atoms with E-state index in [4.69, 9.17) is 9.72 Å². The molecule has 0 aliphatic heterocycles. The fourth-order valence-electron chi connectivity index (χ4n) is 7.92. The van der Waals surface area contributed by atoms with Gasteiger partial charge in [-0.2, -0.15) is 0 Å². The predicted octanol–water partition coefficient (Wildman–Crippen LogP) is 8.97. The zero-order valence-corrected chi connectivity index (χ0v) is 25.5. The van der Waals surface area contributed by atoms with Gasteiger partial charge in [-0.3, -0.25) is 9.20 Å². The van der Waals surface area contributed by atoms with Crippen LogP contribution in [0.15, 0.2) is 54.6 Å². The zero-order valence-electron chi connectivity index (χ0n) is 25.5. The van der Waals surface area contributed by atoms with Crippen LogP contribution in [0.3, 0.4) is 0 Å². The van der Waals surface area contributed by atoms with Gasteiger partial charge in [0.2, 0.25) is 0 Å². The number of hydrogen-bond donors (Lipinski definition) is 0. The van der Waals surface area contributed by atoms with Gasteiger partial charge in [0.15, 0.2) is 0 Å². The Labute approximate surface area is 245 Å². The lowest BCUT2D eigenvalue weighted by Crippen LogP contribution is -2.37. The first-order valence-corrected chi connectivity index (χ1v) is 16.0. The van der Waals surface area contributed by atoms with Crippen LogP contribution in [0.4, 0.5) is 0 Å². The summed E-state index contributed by atoms with van der Waals surface area (Å²) in [5, 5.41) is 1.26. The molecule has 0 N–H and O–H groups in total. The van der Waals surface area contributed by atoms with Gasteiger partial charge in [-0.25, -0.2) is 4.98 Å². The van der Waals surface area contributed by atoms with Gasteiger partial charge in [0.25, 0.3) is 0 Å². The van der Waals surface area contributed by atoms with Crippen molar-refractivity contribution in [3.63, 3.8) is 0 Å². The lowest BCUT2D eigenvalue weighted by atomic mass is 9.75. The molecule has 2 aliphatic carbocycles. The minimum Gasteiger partial charge on any atom is -0.462 e. The van der Waals surface area contributed by atoms with Crippen molar-refractivity contribution in [3.8, 4) is 0 Å². The van der Waals surface area contributed by atoms with Gasteiger partial charge in [0, 0.05) is 28.8 Å². The van der Waals surface area contributed by atoms with Crippen molar-refractivity contribution >= 4 is 22.5 Å². The molecule has 0 spiro atoms. The second-order valence-corrected chi connectivity index (χ2v) is 13.4. The maximum Gasteiger partial charge on any atom is 0.313 e. The zero-order chi connectivity index (χ0) is 28.7. The number of rotatable bonds is 7. The molecule has 0 unspecified atom stereocenters. The first-order chi connectivity index (χ1) is 19.8. The maximum absolute atomic E-state index is 13.9. The molecule has 0 radical (unpaired) electrons. The van der Waals surface area contributed by atoms with E-state index in [-0.39, 0.29) is 18.0 Å². The van der Waals surface area contributed by atoms with Gasteiger partial charge in [0.1, 0.15) is 11.8 Å². The van der Waals surface area contributed by atoms with Crippen LogP contribution in [0.1, 0.15) is 99.7 Å². The van der Waals surface area contributed by atoms with Gasteiger partial charge >= 0.3 is 5.97 Å². The number of fused-ring (bicyclic) bond motifs is 3. The number of aromatic nitrogens is 2. The summed E-state index contributed by atoms with van der Waals surface area (Å²) in [4.78, 5) is 18.9. The molecule has 2 aromatic carbocycles. The Kier molecular flexibility index (Phi) is 7.94. The lowest BCUT2D eigenvalue weighted by molar-refractivity contribution is -0.159. The molecule has 4 aromatic rings. The molecule has 216 valence electrons. The third kappa shape index (κ3) is 5.55. The number of carbonyl (C=O) groups excluding carboxylic acids is 1. The van der Waals surface area contributed by atoms with Crippen LogP contribution >= 0.6 is 0 Å². The minimum atomic E-state index is -0.167. The van der Waals surface area contributed by atoms with Crippen molar-refractivity contribution in [1.82, 2.24) is 9.38 Å². The van der Waals surface area contributed by atoms with E-state index in [0.717, 1.165) is 49.0 Å². The smallest absolute Gasteiger partial charge is 0.313 e. The molecular formula is C37H46N2O2. The highest BCUT2D eigenvalue weighted by Gasteiger charge is 2.38. The number of ether oxygens (including phenoxy) is 1. The quantitative estimate of drug-likeness (QED) is 0.216. The summed E-state index contributed by atoms with van der Waals surface area (Å²) in [5.41, 5.74) is 8.12. The largest absolute Gasteiger partial charge is 0.462 e. The van der Waals surface area contributed by atoms with Crippen molar-refractivity contribution in [1.29, 1.82) is 0 Å². The van der Waals surface area contributed by atoms with Crippen LogP contribution < -0.4 is 0 Å². The molecule has 0 bridgehead atoms. The monoisotopic (exact) mass is 550 g/mol. The number of carbonyl (C=O) groups is 1. The number of benzene rings is 2. The number of para-hydroxylation sites is 1. The SMILES string of the molecule is Cc1cc(C)n2c(n1)c(Cc1ccc([C@@H](C(=O)O[C@H]3C[C@@H](C)CC[C@@H]3C(C)C)C3CCCC3)cc1)c1ccccc12. The van der Waals surface area contributed by atoms with Gasteiger partial charge in [-0.05, 0) is 86.5 Å². The van der Waals surface area contributed by atoms with Crippen LogP contribution in [0.5, 0.6) is 0 Å².